The monoisotopic (exact) mass is 1770 g/mol. The van der Waals surface area contributed by atoms with Gasteiger partial charge < -0.3 is 36.9 Å². The molecule has 4 unspecified atom stereocenters. The molecular formula is C83H98F15N11O13S. The Morgan fingerprint density at radius 2 is 0.943 bits per heavy atom. The predicted octanol–water partition coefficient (Wildman–Crippen LogP) is 17.1. The fourth-order valence-corrected chi connectivity index (χ4v) is 12.2. The Morgan fingerprint density at radius 1 is 0.528 bits per heavy atom. The molecule has 6 atom stereocenters. The van der Waals surface area contributed by atoms with E-state index in [2.05, 4.69) is 34.2 Å². The molecule has 0 bridgehead atoms. The number of esters is 2. The third-order valence-electron chi connectivity index (χ3n) is 16.8. The maximum Gasteiger partial charge on any atom is 0.435 e. The number of aliphatic hydroxyl groups is 1. The summed E-state index contributed by atoms with van der Waals surface area (Å²) in [6, 6.07) is 20.0. The van der Waals surface area contributed by atoms with E-state index in [-0.39, 0.29) is 80.6 Å². The van der Waals surface area contributed by atoms with Crippen LogP contribution in [0.1, 0.15) is 193 Å². The maximum atomic E-state index is 14.2. The number of carboxylic acids is 1. The van der Waals surface area contributed by atoms with Crippen LogP contribution >= 0.6 is 0 Å². The number of rotatable bonds is 30. The van der Waals surface area contributed by atoms with Crippen LogP contribution in [-0.2, 0) is 74.3 Å². The van der Waals surface area contributed by atoms with E-state index < -0.39 is 152 Å². The van der Waals surface area contributed by atoms with Gasteiger partial charge in [0, 0.05) is 66.6 Å². The molecule has 5 heterocycles. The first-order chi connectivity index (χ1) is 56.7. The summed E-state index contributed by atoms with van der Waals surface area (Å²) in [6.07, 6.45) is -7.46. The SMILES string of the molecule is C.CC(C)CC(C(=O)C[C@@H](Cc1cc(F)cc(F)c1)c1ncccc1-c1ccc(F)c(C(N)=O)c1)n1ccc(C(F)(F)F)n1.CC(C)CC(C(=O)O)n1ccc(C(F)(F)F)n1.CCOC(=O)C(CC(C)C)OS(C)(=O)=O.CCOC(=O)C(O)CC(C)C.FC(F)(F)c1ccn[nH]1.NC(=O)c1cc(-c2cccnc2[C@@H](N)Cc2cc(F)cc(F)c2)ccc1F. The van der Waals surface area contributed by atoms with Gasteiger partial charge in [-0.2, -0.15) is 63.2 Å². The summed E-state index contributed by atoms with van der Waals surface area (Å²) in [5.74, 6) is -9.71. The van der Waals surface area contributed by atoms with Crippen molar-refractivity contribution in [2.24, 2.45) is 40.9 Å². The van der Waals surface area contributed by atoms with Gasteiger partial charge >= 0.3 is 36.4 Å². The third-order valence-corrected chi connectivity index (χ3v) is 17.4. The van der Waals surface area contributed by atoms with Crippen LogP contribution in [0.4, 0.5) is 65.9 Å². The minimum Gasteiger partial charge on any atom is -0.480 e. The first-order valence-corrected chi connectivity index (χ1v) is 39.3. The number of hydrogen-bond acceptors (Lipinski definition) is 18. The van der Waals surface area contributed by atoms with Crippen LogP contribution in [0.2, 0.25) is 0 Å². The van der Waals surface area contributed by atoms with Crippen LogP contribution in [0, 0.1) is 58.6 Å². The zero-order valence-corrected chi connectivity index (χ0v) is 68.6. The molecule has 4 aromatic carbocycles. The van der Waals surface area contributed by atoms with Gasteiger partial charge in [-0.05, 0) is 177 Å². The fourth-order valence-electron chi connectivity index (χ4n) is 11.6. The normalized spacial score (nSPS) is 12.9. The highest BCUT2D eigenvalue weighted by Gasteiger charge is 2.38. The number of aliphatic carboxylic acids is 1. The van der Waals surface area contributed by atoms with Crippen molar-refractivity contribution in [1.29, 1.82) is 0 Å². The number of nitrogens with two attached hydrogens (primary N) is 3. The predicted molar refractivity (Wildman–Crippen MR) is 423 cm³/mol. The van der Waals surface area contributed by atoms with E-state index in [9.17, 15) is 103 Å². The second-order valence-corrected chi connectivity index (χ2v) is 30.6. The quantitative estimate of drug-likeness (QED) is 0.0138. The van der Waals surface area contributed by atoms with Gasteiger partial charge in [0.15, 0.2) is 29.4 Å². The van der Waals surface area contributed by atoms with E-state index in [1.807, 2.05) is 41.5 Å². The molecule has 5 aromatic heterocycles. The minimum absolute atomic E-state index is 0. The van der Waals surface area contributed by atoms with Gasteiger partial charge in [0.1, 0.15) is 52.7 Å². The van der Waals surface area contributed by atoms with Crippen LogP contribution in [0.15, 0.2) is 146 Å². The summed E-state index contributed by atoms with van der Waals surface area (Å²) in [4.78, 5) is 78.9. The number of aliphatic hydroxyl groups excluding tert-OH is 1. The number of pyridine rings is 2. The molecule has 0 aliphatic heterocycles. The molecule has 0 radical (unpaired) electrons. The van der Waals surface area contributed by atoms with Gasteiger partial charge in [0.05, 0.1) is 48.0 Å². The van der Waals surface area contributed by atoms with Crippen LogP contribution in [0.5, 0.6) is 0 Å². The van der Waals surface area contributed by atoms with Crippen molar-refractivity contribution in [3.63, 3.8) is 0 Å². The van der Waals surface area contributed by atoms with Crippen LogP contribution in [-0.4, -0.2) is 126 Å². The van der Waals surface area contributed by atoms with E-state index in [0.717, 1.165) is 82.7 Å². The summed E-state index contributed by atoms with van der Waals surface area (Å²) in [7, 11) is -3.63. The molecule has 9 aromatic rings. The van der Waals surface area contributed by atoms with Crippen molar-refractivity contribution >= 4 is 45.6 Å². The second-order valence-electron chi connectivity index (χ2n) is 29.0. The van der Waals surface area contributed by atoms with Crippen molar-refractivity contribution in [1.82, 2.24) is 39.7 Å². The first kappa shape index (κ1) is 106. The standard InChI is InChI=1S/C31H28F6N4O2.C20H16F3N3O.C10H13F3N2O2.C9H18O5S.C8H16O3.C4H3F3N2.CH4/c1-17(2)10-26(41-9-7-28(40-41)31(35,36)37)27(42)15-20(11-18-12-21(32)16-22(33)13-18)29-23(4-3-8-39-29)19-5-6-25(34)24(14-19)30(38)43;21-13-6-11(7-14(22)10-13)8-18(24)19-15(2-1-5-26-19)12-3-4-17(23)16(9-12)20(25)27;1-6(2)5-7(9(16)17)15-4-3-8(14-15)10(11,12)13;1-5-13-9(10)8(6-7(2)3)14-15(4,11)12;1-4-11-8(10)7(9)5-6(2)3;5-4(6,7)3-1-2-8-9-3;/h3-9,12-14,16-17,20,26H,10-11,15H2,1-2H3,(H2,38,43);1-7,9-10,18H,8,24H2,(H2,25,27);3-4,6-7H,5H2,1-2H3,(H,16,17);7-8H,5-6H2,1-4H3;6-7,9H,4-5H2,1-3H3;1-2H,(H,8,9);1H4/t20-,26?;18-;;;;;/m10...../s1. The molecule has 674 valence electrons. The molecule has 0 aliphatic rings. The maximum absolute atomic E-state index is 14.2. The van der Waals surface area contributed by atoms with Crippen molar-refractivity contribution in [3.8, 4) is 22.3 Å². The number of halogens is 15. The number of amides is 2. The average Bonchev–Trinajstić information content (AvgIpc) is 1.46. The molecule has 0 fully saturated rings. The zero-order valence-electron chi connectivity index (χ0n) is 67.8. The number of carboxylic acid groups (broad SMARTS) is 1. The Hall–Kier alpha value is -11.4. The van der Waals surface area contributed by atoms with Crippen LogP contribution in [0.25, 0.3) is 22.3 Å². The molecule has 0 saturated carbocycles. The number of benzene rings is 4. The van der Waals surface area contributed by atoms with Crippen molar-refractivity contribution in [2.45, 2.75) is 176 Å². The Morgan fingerprint density at radius 3 is 1.32 bits per heavy atom. The molecule has 0 saturated heterocycles. The first-order valence-electron chi connectivity index (χ1n) is 37.4. The Balaban J connectivity index is 0.000000417. The number of carbonyl (C=O) groups excluding carboxylic acids is 5. The Kier molecular flexibility index (Phi) is 41.7. The van der Waals surface area contributed by atoms with Gasteiger partial charge in [0.25, 0.3) is 21.9 Å². The van der Waals surface area contributed by atoms with Gasteiger partial charge in [0.2, 0.25) is 0 Å². The highest BCUT2D eigenvalue weighted by atomic mass is 32.2. The van der Waals surface area contributed by atoms with E-state index in [0.29, 0.717) is 70.6 Å². The van der Waals surface area contributed by atoms with Gasteiger partial charge in [-0.3, -0.25) is 43.0 Å². The van der Waals surface area contributed by atoms with E-state index >= 15 is 0 Å². The molecule has 24 nitrogen and oxygen atoms in total. The number of carbonyl (C=O) groups is 6. The third kappa shape index (κ3) is 35.9. The number of primary amides is 2. The smallest absolute Gasteiger partial charge is 0.435 e. The lowest BCUT2D eigenvalue weighted by molar-refractivity contribution is -0.154. The van der Waals surface area contributed by atoms with Gasteiger partial charge in [-0.1, -0.05) is 87.1 Å². The molecule has 9 rings (SSSR count). The summed E-state index contributed by atoms with van der Waals surface area (Å²) >= 11 is 0. The topological polar surface area (TPSA) is 373 Å². The molecule has 2 amide bonds. The molecule has 40 heteroatoms. The lowest BCUT2D eigenvalue weighted by Crippen LogP contribution is -2.30. The number of alkyl halides is 9. The number of H-pyrrole nitrogens is 1. The Labute approximate surface area is 700 Å². The van der Waals surface area contributed by atoms with Gasteiger partial charge in [-0.15, -0.1) is 0 Å². The number of aromatic nitrogens is 8. The number of Topliss-reactive ketones (excluding diaryl/α,β-unsaturated/α-hetero) is 1. The number of ether oxygens (including phenoxy) is 2. The Bertz CT molecular complexity index is 4990. The van der Waals surface area contributed by atoms with Crippen LogP contribution in [0.3, 0.4) is 0 Å². The van der Waals surface area contributed by atoms with E-state index in [1.165, 1.54) is 48.8 Å². The highest BCUT2D eigenvalue weighted by Crippen LogP contribution is 2.38. The summed E-state index contributed by atoms with van der Waals surface area (Å²) in [5.41, 5.74) is 16.3. The van der Waals surface area contributed by atoms with Crippen molar-refractivity contribution in [2.75, 3.05) is 19.5 Å². The summed E-state index contributed by atoms with van der Waals surface area (Å²) in [6.45, 7) is 18.8. The van der Waals surface area contributed by atoms with E-state index in [4.69, 9.17) is 32.2 Å². The van der Waals surface area contributed by atoms with Gasteiger partial charge in [-0.25, -0.2) is 40.7 Å². The number of hydrogen-bond donors (Lipinski definition) is 6. The van der Waals surface area contributed by atoms with E-state index in [1.54, 1.807) is 57.1 Å². The largest absolute Gasteiger partial charge is 0.480 e. The second kappa shape index (κ2) is 48.5. The number of ketones is 1. The molecule has 0 aliphatic carbocycles. The van der Waals surface area contributed by atoms with Crippen molar-refractivity contribution < 1.29 is 127 Å². The molecular weight excluding hydrogens is 1680 g/mol. The summed E-state index contributed by atoms with van der Waals surface area (Å²) < 4.78 is 232. The molecule has 0 spiro atoms. The lowest BCUT2D eigenvalue weighted by Gasteiger charge is -2.24. The fraction of sp³-hybridized carbons (Fsp3) is 0.410. The van der Waals surface area contributed by atoms with Crippen LogP contribution < -0.4 is 17.2 Å². The number of aromatic amines is 1. The van der Waals surface area contributed by atoms with Crippen molar-refractivity contribution in [3.05, 3.63) is 232 Å². The molecule has 9 N–H and O–H groups in total. The summed E-state index contributed by atoms with van der Waals surface area (Å²) in [5, 5.41) is 29.9. The zero-order chi connectivity index (χ0) is 92.1. The highest BCUT2D eigenvalue weighted by molar-refractivity contribution is 7.86. The minimum atomic E-state index is -4.71. The average molecular weight is 1770 g/mol. The lowest BCUT2D eigenvalue weighted by atomic mass is 9.84. The number of nitrogens with zero attached hydrogens (tertiary/aromatic N) is 7. The number of nitrogens with one attached hydrogen (secondary N) is 1. The molecule has 123 heavy (non-hydrogen) atoms.